The molecule has 6 nitrogen and oxygen atoms in total. The minimum atomic E-state index is -0.133. The Morgan fingerprint density at radius 1 is 1.14 bits per heavy atom. The van der Waals surface area contributed by atoms with Crippen LogP contribution in [-0.2, 0) is 16.8 Å². The topological polar surface area (TPSA) is 57.7 Å². The fourth-order valence-electron chi connectivity index (χ4n) is 3.39. The predicted molar refractivity (Wildman–Crippen MR) is 116 cm³/mol. The lowest BCUT2D eigenvalue weighted by atomic mass is 9.86. The van der Waals surface area contributed by atoms with E-state index in [1.54, 1.807) is 0 Å². The molecule has 0 spiro atoms. The number of aromatic nitrogens is 1. The molecule has 0 unspecified atom stereocenters. The lowest BCUT2D eigenvalue weighted by Crippen LogP contribution is -2.44. The third-order valence-corrected chi connectivity index (χ3v) is 5.18. The summed E-state index contributed by atoms with van der Waals surface area (Å²) in [5.74, 6) is 1.60. The van der Waals surface area contributed by atoms with Gasteiger partial charge in [-0.05, 0) is 41.8 Å². The minimum absolute atomic E-state index is 0.00347. The van der Waals surface area contributed by atoms with E-state index in [1.807, 2.05) is 36.5 Å². The molecule has 0 aliphatic carbocycles. The minimum Gasteiger partial charge on any atom is -0.483 e. The standard InChI is InChI=1S/C23H32N4O2/c1-23(2,3)19-7-5-6-8-20(19)29-17-22(28)25-16-18-9-10-24-21(15-18)27-13-11-26(4)12-14-27/h5-10,15H,11-14,16-17H2,1-4H3,(H,25,28). The lowest BCUT2D eigenvalue weighted by Gasteiger charge is -2.33. The molecule has 0 atom stereocenters. The number of carbonyl (C=O) groups is 1. The van der Waals surface area contributed by atoms with Crippen LogP contribution < -0.4 is 15.0 Å². The Balaban J connectivity index is 1.52. The van der Waals surface area contributed by atoms with Crippen molar-refractivity contribution >= 4 is 11.7 Å². The Morgan fingerprint density at radius 3 is 2.59 bits per heavy atom. The summed E-state index contributed by atoms with van der Waals surface area (Å²) < 4.78 is 5.81. The van der Waals surface area contributed by atoms with Crippen LogP contribution in [0.3, 0.4) is 0 Å². The van der Waals surface area contributed by atoms with Crippen LogP contribution in [0.15, 0.2) is 42.6 Å². The number of benzene rings is 1. The van der Waals surface area contributed by atoms with Crippen molar-refractivity contribution in [2.45, 2.75) is 32.7 Å². The van der Waals surface area contributed by atoms with E-state index in [0.29, 0.717) is 6.54 Å². The molecule has 2 heterocycles. The molecule has 1 amide bonds. The first-order valence-corrected chi connectivity index (χ1v) is 10.2. The van der Waals surface area contributed by atoms with Gasteiger partial charge in [0.2, 0.25) is 0 Å². The second-order valence-electron chi connectivity index (χ2n) is 8.62. The molecule has 1 aliphatic rings. The number of hydrogen-bond donors (Lipinski definition) is 1. The van der Waals surface area contributed by atoms with Crippen molar-refractivity contribution in [3.05, 3.63) is 53.7 Å². The first-order valence-electron chi connectivity index (χ1n) is 10.2. The zero-order valence-corrected chi connectivity index (χ0v) is 17.9. The summed E-state index contributed by atoms with van der Waals surface area (Å²) in [4.78, 5) is 21.4. The largest absolute Gasteiger partial charge is 0.483 e. The highest BCUT2D eigenvalue weighted by Gasteiger charge is 2.19. The van der Waals surface area contributed by atoms with Crippen LogP contribution in [0, 0.1) is 0 Å². The number of rotatable bonds is 6. The van der Waals surface area contributed by atoms with Gasteiger partial charge in [-0.25, -0.2) is 4.98 Å². The monoisotopic (exact) mass is 396 g/mol. The fourth-order valence-corrected chi connectivity index (χ4v) is 3.39. The van der Waals surface area contributed by atoms with E-state index in [4.69, 9.17) is 4.74 Å². The molecule has 0 radical (unpaired) electrons. The smallest absolute Gasteiger partial charge is 0.258 e. The van der Waals surface area contributed by atoms with E-state index in [-0.39, 0.29) is 17.9 Å². The number of anilines is 1. The number of carbonyl (C=O) groups excluding carboxylic acids is 1. The van der Waals surface area contributed by atoms with Crippen LogP contribution >= 0.6 is 0 Å². The maximum absolute atomic E-state index is 12.3. The molecule has 6 heteroatoms. The third-order valence-electron chi connectivity index (χ3n) is 5.18. The number of nitrogens with zero attached hydrogens (tertiary/aromatic N) is 3. The number of para-hydroxylation sites is 1. The highest BCUT2D eigenvalue weighted by molar-refractivity contribution is 5.77. The van der Waals surface area contributed by atoms with Gasteiger partial charge in [-0.1, -0.05) is 39.0 Å². The van der Waals surface area contributed by atoms with E-state index in [9.17, 15) is 4.79 Å². The first kappa shape index (κ1) is 21.1. The molecule has 1 aromatic carbocycles. The molecule has 1 saturated heterocycles. The number of likely N-dealkylation sites (N-methyl/N-ethyl adjacent to an activating group) is 1. The third kappa shape index (κ3) is 5.94. The van der Waals surface area contributed by atoms with Crippen molar-refractivity contribution in [2.24, 2.45) is 0 Å². The van der Waals surface area contributed by atoms with Gasteiger partial charge in [0.25, 0.3) is 5.91 Å². The van der Waals surface area contributed by atoms with E-state index in [1.165, 1.54) is 0 Å². The summed E-state index contributed by atoms with van der Waals surface area (Å²) in [6.45, 7) is 10.9. The molecule has 156 valence electrons. The Labute approximate surface area is 173 Å². The molecular formula is C23H32N4O2. The molecule has 29 heavy (non-hydrogen) atoms. The molecule has 0 bridgehead atoms. The Kier molecular flexibility index (Phi) is 6.75. The fraction of sp³-hybridized carbons (Fsp3) is 0.478. The molecule has 2 aromatic rings. The van der Waals surface area contributed by atoms with Crippen molar-refractivity contribution in [1.82, 2.24) is 15.2 Å². The lowest BCUT2D eigenvalue weighted by molar-refractivity contribution is -0.123. The number of ether oxygens (including phenoxy) is 1. The van der Waals surface area contributed by atoms with Crippen LogP contribution in [0.5, 0.6) is 5.75 Å². The Hall–Kier alpha value is -2.60. The van der Waals surface area contributed by atoms with Gasteiger partial charge in [-0.3, -0.25) is 4.79 Å². The highest BCUT2D eigenvalue weighted by atomic mass is 16.5. The molecule has 0 saturated carbocycles. The Bertz CT molecular complexity index is 824. The number of piperazine rings is 1. The number of nitrogens with one attached hydrogen (secondary N) is 1. The first-order chi connectivity index (χ1) is 13.8. The van der Waals surface area contributed by atoms with Crippen LogP contribution in [0.4, 0.5) is 5.82 Å². The van der Waals surface area contributed by atoms with Crippen molar-refractivity contribution in [1.29, 1.82) is 0 Å². The summed E-state index contributed by atoms with van der Waals surface area (Å²) in [5.41, 5.74) is 2.10. The Morgan fingerprint density at radius 2 is 1.86 bits per heavy atom. The van der Waals surface area contributed by atoms with Gasteiger partial charge in [0.15, 0.2) is 6.61 Å². The van der Waals surface area contributed by atoms with E-state index >= 15 is 0 Å². The average molecular weight is 397 g/mol. The average Bonchev–Trinajstić information content (AvgIpc) is 2.71. The van der Waals surface area contributed by atoms with Crippen LogP contribution in [0.25, 0.3) is 0 Å². The summed E-state index contributed by atoms with van der Waals surface area (Å²) in [6.07, 6.45) is 1.81. The van der Waals surface area contributed by atoms with Crippen LogP contribution in [0.2, 0.25) is 0 Å². The van der Waals surface area contributed by atoms with Crippen molar-refractivity contribution in [2.75, 3.05) is 44.7 Å². The van der Waals surface area contributed by atoms with E-state index in [2.05, 4.69) is 54.0 Å². The summed E-state index contributed by atoms with van der Waals surface area (Å²) in [6, 6.07) is 11.9. The SMILES string of the molecule is CN1CCN(c2cc(CNC(=O)COc3ccccc3C(C)(C)C)ccn2)CC1. The molecule has 3 rings (SSSR count). The number of amides is 1. The van der Waals surface area contributed by atoms with Crippen LogP contribution in [-0.4, -0.2) is 55.6 Å². The second-order valence-corrected chi connectivity index (χ2v) is 8.62. The number of pyridine rings is 1. The van der Waals surface area contributed by atoms with Crippen LogP contribution in [0.1, 0.15) is 31.9 Å². The van der Waals surface area contributed by atoms with E-state index < -0.39 is 0 Å². The molecule has 1 N–H and O–H groups in total. The normalized spacial score (nSPS) is 15.2. The zero-order valence-electron chi connectivity index (χ0n) is 17.9. The van der Waals surface area contributed by atoms with Gasteiger partial charge in [-0.2, -0.15) is 0 Å². The summed E-state index contributed by atoms with van der Waals surface area (Å²) in [7, 11) is 2.14. The number of hydrogen-bond acceptors (Lipinski definition) is 5. The zero-order chi connectivity index (χ0) is 20.9. The maximum atomic E-state index is 12.3. The molecular weight excluding hydrogens is 364 g/mol. The van der Waals surface area contributed by atoms with Gasteiger partial charge >= 0.3 is 0 Å². The van der Waals surface area contributed by atoms with Crippen molar-refractivity contribution in [3.63, 3.8) is 0 Å². The second kappa shape index (κ2) is 9.27. The van der Waals surface area contributed by atoms with Gasteiger partial charge in [0.05, 0.1) is 0 Å². The van der Waals surface area contributed by atoms with Crippen molar-refractivity contribution < 1.29 is 9.53 Å². The molecule has 1 aliphatic heterocycles. The summed E-state index contributed by atoms with van der Waals surface area (Å²) >= 11 is 0. The van der Waals surface area contributed by atoms with Gasteiger partial charge in [0.1, 0.15) is 11.6 Å². The van der Waals surface area contributed by atoms with Crippen molar-refractivity contribution in [3.8, 4) is 5.75 Å². The maximum Gasteiger partial charge on any atom is 0.258 e. The van der Waals surface area contributed by atoms with Gasteiger partial charge < -0.3 is 19.9 Å². The highest BCUT2D eigenvalue weighted by Crippen LogP contribution is 2.30. The predicted octanol–water partition coefficient (Wildman–Crippen LogP) is 2.83. The molecule has 1 aromatic heterocycles. The molecule has 1 fully saturated rings. The van der Waals surface area contributed by atoms with Gasteiger partial charge in [0, 0.05) is 38.9 Å². The quantitative estimate of drug-likeness (QED) is 0.814. The summed E-state index contributed by atoms with van der Waals surface area (Å²) in [5, 5.41) is 2.95. The van der Waals surface area contributed by atoms with Gasteiger partial charge in [-0.15, -0.1) is 0 Å². The van der Waals surface area contributed by atoms with E-state index in [0.717, 1.165) is 48.9 Å².